The number of Topliss-reactive ketones (excluding diaryl/α,β-unsaturated/α-hetero) is 1. The summed E-state index contributed by atoms with van der Waals surface area (Å²) in [5.74, 6) is 1.05. The van der Waals surface area contributed by atoms with Crippen LogP contribution in [0, 0.1) is 5.92 Å². The van der Waals surface area contributed by atoms with Crippen molar-refractivity contribution < 1.29 is 4.79 Å². The summed E-state index contributed by atoms with van der Waals surface area (Å²) >= 11 is 9.12. The Morgan fingerprint density at radius 3 is 2.89 bits per heavy atom. The van der Waals surface area contributed by atoms with E-state index in [1.165, 1.54) is 37.0 Å². The van der Waals surface area contributed by atoms with E-state index in [0.717, 1.165) is 10.8 Å². The van der Waals surface area contributed by atoms with Crippen molar-refractivity contribution in [1.29, 1.82) is 0 Å². The van der Waals surface area contributed by atoms with Gasteiger partial charge in [-0.1, -0.05) is 31.4 Å². The summed E-state index contributed by atoms with van der Waals surface area (Å²) in [5, 5.41) is 0.707. The third-order valence-electron chi connectivity index (χ3n) is 3.47. The summed E-state index contributed by atoms with van der Waals surface area (Å²) in [7, 11) is 0. The van der Waals surface area contributed by atoms with E-state index in [2.05, 4.69) is 6.92 Å². The first kappa shape index (κ1) is 14.4. The third-order valence-corrected chi connectivity index (χ3v) is 6.15. The summed E-state index contributed by atoms with van der Waals surface area (Å²) < 4.78 is 0.696. The Labute approximate surface area is 122 Å². The smallest absolute Gasteiger partial charge is 0.185 e. The highest BCUT2D eigenvalue weighted by Crippen LogP contribution is 2.35. The number of hydrogen-bond acceptors (Lipinski definition) is 3. The van der Waals surface area contributed by atoms with Crippen molar-refractivity contribution in [3.63, 3.8) is 0 Å². The Morgan fingerprint density at radius 2 is 2.28 bits per heavy atom. The van der Waals surface area contributed by atoms with Gasteiger partial charge in [-0.25, -0.2) is 0 Å². The average Bonchev–Trinajstić information content (AvgIpc) is 2.75. The van der Waals surface area contributed by atoms with Gasteiger partial charge in [-0.2, -0.15) is 0 Å². The number of rotatable bonds is 4. The number of halogens is 1. The fourth-order valence-electron chi connectivity index (χ4n) is 2.50. The molecule has 2 rings (SSSR count). The molecule has 100 valence electrons. The minimum atomic E-state index is 0.0509. The van der Waals surface area contributed by atoms with Crippen LogP contribution in [0.2, 0.25) is 4.34 Å². The summed E-state index contributed by atoms with van der Waals surface area (Å²) in [6.07, 6.45) is 5.18. The van der Waals surface area contributed by atoms with Crippen LogP contribution in [0.5, 0.6) is 0 Å². The van der Waals surface area contributed by atoms with Crippen molar-refractivity contribution in [2.24, 2.45) is 5.92 Å². The van der Waals surface area contributed by atoms with Crippen molar-refractivity contribution in [2.45, 2.75) is 50.0 Å². The summed E-state index contributed by atoms with van der Waals surface area (Å²) in [4.78, 5) is 13.0. The molecule has 0 aliphatic heterocycles. The first-order valence-corrected chi connectivity index (χ1v) is 8.65. The Balaban J connectivity index is 1.91. The molecule has 0 amide bonds. The van der Waals surface area contributed by atoms with Crippen LogP contribution in [-0.4, -0.2) is 16.3 Å². The molecular weight excluding hydrogens is 284 g/mol. The van der Waals surface area contributed by atoms with Crippen LogP contribution in [0.3, 0.4) is 0 Å². The zero-order valence-electron chi connectivity index (χ0n) is 10.8. The lowest BCUT2D eigenvalue weighted by atomic mass is 9.91. The van der Waals surface area contributed by atoms with Gasteiger partial charge >= 0.3 is 0 Å². The van der Waals surface area contributed by atoms with Gasteiger partial charge in [0.2, 0.25) is 0 Å². The minimum Gasteiger partial charge on any atom is -0.292 e. The maximum atomic E-state index is 12.2. The molecule has 1 aromatic rings. The molecule has 0 aromatic carbocycles. The number of ketones is 1. The van der Waals surface area contributed by atoms with Gasteiger partial charge in [0.1, 0.15) is 0 Å². The maximum Gasteiger partial charge on any atom is 0.185 e. The Kier molecular flexibility index (Phi) is 5.16. The molecule has 1 heterocycles. The van der Waals surface area contributed by atoms with Crippen LogP contribution in [0.15, 0.2) is 12.1 Å². The van der Waals surface area contributed by atoms with Crippen molar-refractivity contribution in [3.05, 3.63) is 21.3 Å². The van der Waals surface area contributed by atoms with E-state index in [-0.39, 0.29) is 11.0 Å². The van der Waals surface area contributed by atoms with Crippen molar-refractivity contribution in [1.82, 2.24) is 0 Å². The molecule has 0 N–H and O–H groups in total. The second kappa shape index (κ2) is 6.44. The van der Waals surface area contributed by atoms with E-state index in [1.54, 1.807) is 6.07 Å². The van der Waals surface area contributed by atoms with Gasteiger partial charge in [0.05, 0.1) is 14.5 Å². The van der Waals surface area contributed by atoms with E-state index < -0.39 is 0 Å². The highest BCUT2D eigenvalue weighted by atomic mass is 35.5. The van der Waals surface area contributed by atoms with Crippen LogP contribution in [0.1, 0.15) is 49.2 Å². The predicted molar refractivity (Wildman–Crippen MR) is 82.1 cm³/mol. The van der Waals surface area contributed by atoms with Gasteiger partial charge in [-0.05, 0) is 37.8 Å². The topological polar surface area (TPSA) is 17.1 Å². The molecule has 1 aliphatic rings. The number of carbonyl (C=O) groups is 1. The van der Waals surface area contributed by atoms with E-state index >= 15 is 0 Å². The summed E-state index contributed by atoms with van der Waals surface area (Å²) in [5.41, 5.74) is 0. The van der Waals surface area contributed by atoms with Gasteiger partial charge in [0.15, 0.2) is 5.78 Å². The highest BCUT2D eigenvalue weighted by molar-refractivity contribution is 8.01. The molecule has 1 fully saturated rings. The summed E-state index contributed by atoms with van der Waals surface area (Å²) in [6.45, 7) is 4.35. The first-order chi connectivity index (χ1) is 8.56. The molecule has 1 saturated carbocycles. The maximum absolute atomic E-state index is 12.2. The Morgan fingerprint density at radius 1 is 1.50 bits per heavy atom. The molecule has 3 unspecified atom stereocenters. The molecule has 3 atom stereocenters. The minimum absolute atomic E-state index is 0.0509. The quantitative estimate of drug-likeness (QED) is 0.703. The molecular formula is C14H19ClOS2. The van der Waals surface area contributed by atoms with Crippen LogP contribution in [0.25, 0.3) is 0 Å². The molecule has 1 aromatic heterocycles. The second-order valence-corrected chi connectivity index (χ2v) is 8.50. The van der Waals surface area contributed by atoms with E-state index in [1.807, 2.05) is 24.8 Å². The Bertz CT molecular complexity index is 416. The lowest BCUT2D eigenvalue weighted by Crippen LogP contribution is -2.21. The van der Waals surface area contributed by atoms with Gasteiger partial charge in [0, 0.05) is 5.25 Å². The second-order valence-electron chi connectivity index (χ2n) is 5.14. The lowest BCUT2D eigenvalue weighted by molar-refractivity contribution is 0.0997. The molecule has 1 aliphatic carbocycles. The van der Waals surface area contributed by atoms with Crippen molar-refractivity contribution >= 4 is 40.5 Å². The van der Waals surface area contributed by atoms with Crippen LogP contribution in [-0.2, 0) is 0 Å². The third kappa shape index (κ3) is 3.75. The van der Waals surface area contributed by atoms with Crippen molar-refractivity contribution in [3.8, 4) is 0 Å². The van der Waals surface area contributed by atoms with Crippen molar-refractivity contribution in [2.75, 3.05) is 0 Å². The van der Waals surface area contributed by atoms with E-state index in [0.29, 0.717) is 9.59 Å². The first-order valence-electron chi connectivity index (χ1n) is 6.51. The summed E-state index contributed by atoms with van der Waals surface area (Å²) in [6, 6.07) is 3.65. The number of hydrogen-bond donors (Lipinski definition) is 0. The fourth-order valence-corrected chi connectivity index (χ4v) is 5.22. The molecule has 0 saturated heterocycles. The lowest BCUT2D eigenvalue weighted by Gasteiger charge is -2.27. The van der Waals surface area contributed by atoms with Gasteiger partial charge in [-0.15, -0.1) is 23.1 Å². The van der Waals surface area contributed by atoms with Gasteiger partial charge in [-0.3, -0.25) is 4.79 Å². The molecule has 1 nitrogen and oxygen atoms in total. The van der Waals surface area contributed by atoms with E-state index in [4.69, 9.17) is 11.6 Å². The van der Waals surface area contributed by atoms with E-state index in [9.17, 15) is 4.79 Å². The van der Waals surface area contributed by atoms with Crippen LogP contribution >= 0.6 is 34.7 Å². The largest absolute Gasteiger partial charge is 0.292 e. The van der Waals surface area contributed by atoms with Crippen LogP contribution in [0.4, 0.5) is 0 Å². The number of carbonyl (C=O) groups excluding carboxylic acids is 1. The zero-order chi connectivity index (χ0) is 13.1. The Hall–Kier alpha value is 0.01000. The molecule has 18 heavy (non-hydrogen) atoms. The normalized spacial score (nSPS) is 25.9. The molecule has 4 heteroatoms. The zero-order valence-corrected chi connectivity index (χ0v) is 13.2. The van der Waals surface area contributed by atoms with Gasteiger partial charge in [0.25, 0.3) is 0 Å². The predicted octanol–water partition coefficient (Wildman–Crippen LogP) is 5.28. The number of thioether (sulfide) groups is 1. The molecule has 0 bridgehead atoms. The standard InChI is InChI=1S/C14H19ClOS2/c1-9-4-3-5-11(8-9)17-10(2)14(16)12-6-7-13(15)18-12/h6-7,9-11H,3-5,8H2,1-2H3. The SMILES string of the molecule is CC1CCCC(SC(C)C(=O)c2ccc(Cl)s2)C1. The monoisotopic (exact) mass is 302 g/mol. The average molecular weight is 303 g/mol. The van der Waals surface area contributed by atoms with Gasteiger partial charge < -0.3 is 0 Å². The molecule has 0 spiro atoms. The molecule has 0 radical (unpaired) electrons. The number of thiophene rings is 1. The highest BCUT2D eigenvalue weighted by Gasteiger charge is 2.25. The van der Waals surface area contributed by atoms with Crippen LogP contribution < -0.4 is 0 Å². The fraction of sp³-hybridized carbons (Fsp3) is 0.643.